The number of benzene rings is 1. The molecule has 0 bridgehead atoms. The number of ether oxygens (including phenoxy) is 1. The number of hydrogen-bond donors (Lipinski definition) is 2. The molecule has 5 nitrogen and oxygen atoms in total. The Morgan fingerprint density at radius 3 is 2.94 bits per heavy atom. The molecule has 1 aliphatic heterocycles. The molecule has 1 unspecified atom stereocenters. The Kier molecular flexibility index (Phi) is 3.72. The average molecular weight is 250 g/mol. The van der Waals surface area contributed by atoms with Crippen LogP contribution >= 0.6 is 0 Å². The minimum atomic E-state index is -0.475. The molecule has 0 saturated carbocycles. The van der Waals surface area contributed by atoms with Crippen LogP contribution in [-0.2, 0) is 4.79 Å². The maximum absolute atomic E-state index is 12.1. The molecule has 0 saturated heterocycles. The van der Waals surface area contributed by atoms with Crippen molar-refractivity contribution in [2.45, 2.75) is 19.4 Å². The highest BCUT2D eigenvalue weighted by Gasteiger charge is 2.31. The molecule has 1 heterocycles. The molecule has 2 N–H and O–H groups in total. The number of carbonyl (C=O) groups is 1. The molecule has 0 spiro atoms. The van der Waals surface area contributed by atoms with E-state index in [1.54, 1.807) is 11.8 Å². The smallest absolute Gasteiger partial charge is 0.267 e. The molecule has 5 heteroatoms. The molecule has 1 atom stereocenters. The third-order valence-electron chi connectivity index (χ3n) is 3.00. The molecule has 0 aliphatic carbocycles. The minimum absolute atomic E-state index is 0.0656. The van der Waals surface area contributed by atoms with Crippen LogP contribution in [0.4, 0.5) is 11.4 Å². The van der Waals surface area contributed by atoms with Gasteiger partial charge in [0.25, 0.3) is 5.91 Å². The van der Waals surface area contributed by atoms with Gasteiger partial charge in [-0.15, -0.1) is 0 Å². The van der Waals surface area contributed by atoms with Gasteiger partial charge in [-0.3, -0.25) is 4.79 Å². The number of aliphatic hydroxyl groups excluding tert-OH is 1. The van der Waals surface area contributed by atoms with E-state index in [0.717, 1.165) is 11.4 Å². The lowest BCUT2D eigenvalue weighted by molar-refractivity contribution is -0.125. The van der Waals surface area contributed by atoms with Crippen molar-refractivity contribution < 1.29 is 14.6 Å². The van der Waals surface area contributed by atoms with Crippen molar-refractivity contribution in [3.8, 4) is 5.75 Å². The van der Waals surface area contributed by atoms with Crippen LogP contribution in [0, 0.1) is 0 Å². The van der Waals surface area contributed by atoms with Gasteiger partial charge in [0, 0.05) is 25.9 Å². The Balaban J connectivity index is 2.36. The van der Waals surface area contributed by atoms with Crippen molar-refractivity contribution in [3.05, 3.63) is 18.2 Å². The summed E-state index contributed by atoms with van der Waals surface area (Å²) >= 11 is 0. The quantitative estimate of drug-likeness (QED) is 0.843. The van der Waals surface area contributed by atoms with E-state index in [2.05, 4.69) is 5.32 Å². The summed E-state index contributed by atoms with van der Waals surface area (Å²) in [5, 5.41) is 12.0. The summed E-state index contributed by atoms with van der Waals surface area (Å²) in [6.07, 6.45) is 0.0819. The maximum Gasteiger partial charge on any atom is 0.267 e. The fourth-order valence-electron chi connectivity index (χ4n) is 2.02. The number of aliphatic hydroxyl groups is 1. The second-order valence-corrected chi connectivity index (χ2v) is 4.26. The van der Waals surface area contributed by atoms with Crippen molar-refractivity contribution in [1.82, 2.24) is 0 Å². The zero-order valence-corrected chi connectivity index (χ0v) is 10.6. The lowest BCUT2D eigenvalue weighted by Gasteiger charge is -2.33. The summed E-state index contributed by atoms with van der Waals surface area (Å²) in [6, 6.07) is 5.65. The normalized spacial score (nSPS) is 18.3. The predicted octanol–water partition coefficient (Wildman–Crippen LogP) is 1.22. The summed E-state index contributed by atoms with van der Waals surface area (Å²) in [5.41, 5.74) is 1.69. The molecule has 2 rings (SSSR count). The third kappa shape index (κ3) is 2.26. The van der Waals surface area contributed by atoms with Gasteiger partial charge in [-0.1, -0.05) is 0 Å². The monoisotopic (exact) mass is 250 g/mol. The van der Waals surface area contributed by atoms with Gasteiger partial charge < -0.3 is 20.1 Å². The SMILES string of the molecule is CNc1ccc2c(c1)N(CCCO)C(=O)C(C)O2. The zero-order valence-electron chi connectivity index (χ0n) is 10.6. The van der Waals surface area contributed by atoms with Crippen LogP contribution in [0.5, 0.6) is 5.75 Å². The minimum Gasteiger partial charge on any atom is -0.479 e. The number of anilines is 2. The first-order valence-corrected chi connectivity index (χ1v) is 6.08. The molecule has 0 radical (unpaired) electrons. The topological polar surface area (TPSA) is 61.8 Å². The van der Waals surface area contributed by atoms with Gasteiger partial charge in [-0.2, -0.15) is 0 Å². The first-order chi connectivity index (χ1) is 8.67. The van der Waals surface area contributed by atoms with Crippen LogP contribution in [0.1, 0.15) is 13.3 Å². The van der Waals surface area contributed by atoms with E-state index in [1.165, 1.54) is 0 Å². The van der Waals surface area contributed by atoms with Crippen molar-refractivity contribution >= 4 is 17.3 Å². The van der Waals surface area contributed by atoms with Gasteiger partial charge in [0.05, 0.1) is 5.69 Å². The molecule has 0 fully saturated rings. The van der Waals surface area contributed by atoms with Crippen molar-refractivity contribution in [2.24, 2.45) is 0 Å². The number of rotatable bonds is 4. The Hall–Kier alpha value is -1.75. The largest absolute Gasteiger partial charge is 0.479 e. The summed E-state index contributed by atoms with van der Waals surface area (Å²) < 4.78 is 5.57. The number of nitrogens with zero attached hydrogens (tertiary/aromatic N) is 1. The predicted molar refractivity (Wildman–Crippen MR) is 70.1 cm³/mol. The lowest BCUT2D eigenvalue weighted by Crippen LogP contribution is -2.45. The first kappa shape index (κ1) is 12.7. The summed E-state index contributed by atoms with van der Waals surface area (Å²) in [4.78, 5) is 13.8. The fourth-order valence-corrected chi connectivity index (χ4v) is 2.02. The number of amides is 1. The molecular weight excluding hydrogens is 232 g/mol. The molecule has 98 valence electrons. The average Bonchev–Trinajstić information content (AvgIpc) is 2.39. The summed E-state index contributed by atoms with van der Waals surface area (Å²) in [7, 11) is 1.83. The molecule has 0 aromatic heterocycles. The molecule has 1 aromatic rings. The van der Waals surface area contributed by atoms with Crippen LogP contribution in [0.3, 0.4) is 0 Å². The van der Waals surface area contributed by atoms with Crippen molar-refractivity contribution in [3.63, 3.8) is 0 Å². The highest BCUT2D eigenvalue weighted by Crippen LogP contribution is 2.36. The Morgan fingerprint density at radius 2 is 2.28 bits per heavy atom. The first-order valence-electron chi connectivity index (χ1n) is 6.08. The second kappa shape index (κ2) is 5.27. The molecule has 1 amide bonds. The molecular formula is C13H18N2O3. The van der Waals surface area contributed by atoms with E-state index in [-0.39, 0.29) is 12.5 Å². The van der Waals surface area contributed by atoms with Gasteiger partial charge in [0.1, 0.15) is 5.75 Å². The number of hydrogen-bond acceptors (Lipinski definition) is 4. The van der Waals surface area contributed by atoms with Gasteiger partial charge >= 0.3 is 0 Å². The van der Waals surface area contributed by atoms with E-state index >= 15 is 0 Å². The van der Waals surface area contributed by atoms with Crippen LogP contribution in [-0.4, -0.2) is 37.3 Å². The summed E-state index contributed by atoms with van der Waals surface area (Å²) in [5.74, 6) is 0.642. The second-order valence-electron chi connectivity index (χ2n) is 4.26. The fraction of sp³-hybridized carbons (Fsp3) is 0.462. The van der Waals surface area contributed by atoms with Crippen LogP contribution in [0.25, 0.3) is 0 Å². The standard InChI is InChI=1S/C13H18N2O3/c1-9-13(17)15(6-3-7-16)11-8-10(14-2)4-5-12(11)18-9/h4-5,8-9,14,16H,3,6-7H2,1-2H3. The molecule has 1 aliphatic rings. The Labute approximate surface area is 106 Å². The van der Waals surface area contributed by atoms with Crippen LogP contribution < -0.4 is 15.0 Å². The molecule has 18 heavy (non-hydrogen) atoms. The van der Waals surface area contributed by atoms with Gasteiger partial charge in [0.2, 0.25) is 0 Å². The molecule has 1 aromatic carbocycles. The maximum atomic E-state index is 12.1. The van der Waals surface area contributed by atoms with Gasteiger partial charge in [0.15, 0.2) is 6.10 Å². The Morgan fingerprint density at radius 1 is 1.50 bits per heavy atom. The lowest BCUT2D eigenvalue weighted by atomic mass is 10.1. The third-order valence-corrected chi connectivity index (χ3v) is 3.00. The van der Waals surface area contributed by atoms with Crippen LogP contribution in [0.15, 0.2) is 18.2 Å². The van der Waals surface area contributed by atoms with E-state index < -0.39 is 6.10 Å². The van der Waals surface area contributed by atoms with Crippen LogP contribution in [0.2, 0.25) is 0 Å². The Bertz CT molecular complexity index is 448. The van der Waals surface area contributed by atoms with E-state index in [9.17, 15) is 4.79 Å². The number of carbonyl (C=O) groups excluding carboxylic acids is 1. The highest BCUT2D eigenvalue weighted by molar-refractivity contribution is 6.00. The number of nitrogens with one attached hydrogen (secondary N) is 1. The van der Waals surface area contributed by atoms with E-state index in [4.69, 9.17) is 9.84 Å². The summed E-state index contributed by atoms with van der Waals surface area (Å²) in [6.45, 7) is 2.31. The number of fused-ring (bicyclic) bond motifs is 1. The van der Waals surface area contributed by atoms with Crippen molar-refractivity contribution in [2.75, 3.05) is 30.4 Å². The van der Waals surface area contributed by atoms with E-state index in [1.807, 2.05) is 25.2 Å². The van der Waals surface area contributed by atoms with Gasteiger partial charge in [-0.25, -0.2) is 0 Å². The zero-order chi connectivity index (χ0) is 13.1. The van der Waals surface area contributed by atoms with Crippen molar-refractivity contribution in [1.29, 1.82) is 0 Å². The highest BCUT2D eigenvalue weighted by atomic mass is 16.5. The van der Waals surface area contributed by atoms with E-state index in [0.29, 0.717) is 18.7 Å². The van der Waals surface area contributed by atoms with Gasteiger partial charge in [-0.05, 0) is 31.5 Å².